The lowest BCUT2D eigenvalue weighted by Gasteiger charge is -2.28. The van der Waals surface area contributed by atoms with Gasteiger partial charge >= 0.3 is 6.03 Å². The molecule has 3 rings (SSSR count). The Morgan fingerprint density at radius 2 is 1.93 bits per heavy atom. The fraction of sp³-hybridized carbons (Fsp3) is 0.409. The molecular weight excluding hydrogens is 412 g/mol. The van der Waals surface area contributed by atoms with Crippen LogP contribution in [0, 0.1) is 11.7 Å². The van der Waals surface area contributed by atoms with Crippen molar-refractivity contribution >= 4 is 34.9 Å². The summed E-state index contributed by atoms with van der Waals surface area (Å²) in [5, 5.41) is 3.51. The maximum atomic E-state index is 13.3. The first kappa shape index (κ1) is 21.7. The maximum Gasteiger partial charge on any atom is 0.321 e. The number of halogens is 3. The van der Waals surface area contributed by atoms with E-state index in [-0.39, 0.29) is 11.1 Å². The molecule has 1 aliphatic carbocycles. The van der Waals surface area contributed by atoms with Crippen LogP contribution in [0.3, 0.4) is 0 Å². The number of nitrogens with zero attached hydrogens (tertiary/aromatic N) is 2. The highest BCUT2D eigenvalue weighted by atomic mass is 35.5. The minimum Gasteiger partial charge on any atom is -0.368 e. The molecule has 1 N–H and O–H groups in total. The van der Waals surface area contributed by atoms with Gasteiger partial charge in [-0.3, -0.25) is 0 Å². The van der Waals surface area contributed by atoms with E-state index in [1.807, 2.05) is 19.1 Å². The van der Waals surface area contributed by atoms with Crippen LogP contribution in [0.15, 0.2) is 53.2 Å². The molecule has 0 aromatic heterocycles. The number of hydrogen-bond donors (Lipinski definition) is 1. The summed E-state index contributed by atoms with van der Waals surface area (Å²) in [5.74, 6) is 0.0195. The first-order valence-corrected chi connectivity index (χ1v) is 10.6. The van der Waals surface area contributed by atoms with Crippen LogP contribution in [0.5, 0.6) is 0 Å². The molecule has 1 aliphatic heterocycles. The lowest BCUT2D eigenvalue weighted by Crippen LogP contribution is -2.38. The Bertz CT molecular complexity index is 848. The Labute approximate surface area is 181 Å². The van der Waals surface area contributed by atoms with Crippen molar-refractivity contribution < 1.29 is 9.18 Å². The molecule has 0 bridgehead atoms. The Morgan fingerprint density at radius 3 is 2.55 bits per heavy atom. The van der Waals surface area contributed by atoms with E-state index in [1.54, 1.807) is 4.90 Å². The quantitative estimate of drug-likeness (QED) is 0.572. The summed E-state index contributed by atoms with van der Waals surface area (Å²) >= 11 is 12.4. The second kappa shape index (κ2) is 9.68. The van der Waals surface area contributed by atoms with E-state index in [1.165, 1.54) is 36.6 Å². The van der Waals surface area contributed by atoms with Crippen molar-refractivity contribution in [1.82, 2.24) is 9.80 Å². The van der Waals surface area contributed by atoms with Crippen LogP contribution < -0.4 is 5.32 Å². The minimum atomic E-state index is -0.510. The number of nitrogens with one attached hydrogen (secondary N) is 1. The molecule has 2 amide bonds. The normalized spacial score (nSPS) is 18.8. The predicted molar refractivity (Wildman–Crippen MR) is 118 cm³/mol. The molecule has 29 heavy (non-hydrogen) atoms. The van der Waals surface area contributed by atoms with Crippen LogP contribution in [-0.2, 0) is 0 Å². The van der Waals surface area contributed by atoms with E-state index in [9.17, 15) is 9.18 Å². The predicted octanol–water partition coefficient (Wildman–Crippen LogP) is 6.01. The molecule has 4 nitrogen and oxygen atoms in total. The van der Waals surface area contributed by atoms with Gasteiger partial charge in [0, 0.05) is 31.9 Å². The fourth-order valence-corrected chi connectivity index (χ4v) is 3.99. The van der Waals surface area contributed by atoms with Gasteiger partial charge in [0.2, 0.25) is 0 Å². The molecule has 0 unspecified atom stereocenters. The topological polar surface area (TPSA) is 35.6 Å². The highest BCUT2D eigenvalue weighted by Gasteiger charge is 2.30. The molecule has 156 valence electrons. The van der Waals surface area contributed by atoms with E-state index < -0.39 is 5.82 Å². The molecule has 2 aliphatic rings. The van der Waals surface area contributed by atoms with Crippen molar-refractivity contribution in [3.8, 4) is 0 Å². The molecule has 1 aromatic carbocycles. The van der Waals surface area contributed by atoms with Gasteiger partial charge in [-0.25, -0.2) is 9.18 Å². The molecule has 1 heterocycles. The third-order valence-electron chi connectivity index (χ3n) is 5.26. The van der Waals surface area contributed by atoms with Gasteiger partial charge in [0.15, 0.2) is 0 Å². The van der Waals surface area contributed by atoms with Gasteiger partial charge in [-0.1, -0.05) is 41.9 Å². The van der Waals surface area contributed by atoms with Crippen molar-refractivity contribution in [3.63, 3.8) is 0 Å². The van der Waals surface area contributed by atoms with Gasteiger partial charge in [-0.2, -0.15) is 0 Å². The third kappa shape index (κ3) is 5.34. The van der Waals surface area contributed by atoms with Crippen LogP contribution in [-0.4, -0.2) is 42.0 Å². The highest BCUT2D eigenvalue weighted by Crippen LogP contribution is 2.41. The summed E-state index contributed by atoms with van der Waals surface area (Å²) in [6, 6.07) is 3.94. The number of rotatable bonds is 5. The Morgan fingerprint density at radius 1 is 1.24 bits per heavy atom. The molecule has 1 saturated heterocycles. The number of anilines is 1. The number of carbonyl (C=O) groups excluding carboxylic acids is 1. The van der Waals surface area contributed by atoms with Crippen molar-refractivity contribution in [2.75, 3.05) is 31.5 Å². The summed E-state index contributed by atoms with van der Waals surface area (Å²) in [6.45, 7) is 8.62. The first-order valence-electron chi connectivity index (χ1n) is 9.89. The van der Waals surface area contributed by atoms with Crippen LogP contribution in [0.2, 0.25) is 5.02 Å². The Kier molecular flexibility index (Phi) is 7.25. The van der Waals surface area contributed by atoms with Crippen molar-refractivity contribution in [2.45, 2.75) is 26.2 Å². The number of allylic oxidation sites excluding steroid dienone is 4. The average molecular weight is 438 g/mol. The van der Waals surface area contributed by atoms with Gasteiger partial charge in [0.05, 0.1) is 15.8 Å². The SMILES string of the molecule is C=C/C(=C(\C(Cl)=C/C)N1CCCN(C(=O)Nc2ccc(F)c(Cl)c2)CC1)C1CC1. The van der Waals surface area contributed by atoms with Gasteiger partial charge in [-0.15, -0.1) is 0 Å². The van der Waals surface area contributed by atoms with Crippen molar-refractivity contribution in [1.29, 1.82) is 0 Å². The van der Waals surface area contributed by atoms with E-state index in [0.29, 0.717) is 31.2 Å². The smallest absolute Gasteiger partial charge is 0.321 e. The lowest BCUT2D eigenvalue weighted by molar-refractivity contribution is 0.213. The zero-order valence-corrected chi connectivity index (χ0v) is 18.1. The number of benzene rings is 1. The molecule has 0 radical (unpaired) electrons. The largest absolute Gasteiger partial charge is 0.368 e. The zero-order valence-electron chi connectivity index (χ0n) is 16.6. The standard InChI is InChI=1S/C22H26Cl2FN3O/c1-3-17(15-6-7-15)21(18(23)4-2)27-10-5-11-28(13-12-27)22(29)26-16-8-9-20(25)19(24)14-16/h3-4,8-9,14-15H,1,5-7,10-13H2,2H3,(H,26,29)/b18-4+,21-17-. The average Bonchev–Trinajstić information content (AvgIpc) is 3.55. The molecule has 1 saturated carbocycles. The minimum absolute atomic E-state index is 0.0161. The Hall–Kier alpha value is -1.98. The number of urea groups is 1. The first-order chi connectivity index (χ1) is 13.9. The summed E-state index contributed by atoms with van der Waals surface area (Å²) in [6.07, 6.45) is 7.00. The Balaban J connectivity index is 1.71. The summed E-state index contributed by atoms with van der Waals surface area (Å²) in [5.41, 5.74) is 2.72. The highest BCUT2D eigenvalue weighted by molar-refractivity contribution is 6.32. The molecule has 0 spiro atoms. The number of carbonyl (C=O) groups is 1. The van der Waals surface area contributed by atoms with Gasteiger partial charge < -0.3 is 15.1 Å². The second-order valence-electron chi connectivity index (χ2n) is 7.31. The van der Waals surface area contributed by atoms with E-state index in [0.717, 1.165) is 23.7 Å². The van der Waals surface area contributed by atoms with Crippen LogP contribution >= 0.6 is 23.2 Å². The molecular formula is C22H26Cl2FN3O. The summed E-state index contributed by atoms with van der Waals surface area (Å²) in [4.78, 5) is 16.7. The molecule has 2 fully saturated rings. The van der Waals surface area contributed by atoms with Crippen LogP contribution in [0.25, 0.3) is 0 Å². The van der Waals surface area contributed by atoms with Crippen molar-refractivity contribution in [2.24, 2.45) is 5.92 Å². The monoisotopic (exact) mass is 437 g/mol. The summed E-state index contributed by atoms with van der Waals surface area (Å²) < 4.78 is 13.3. The van der Waals surface area contributed by atoms with E-state index in [4.69, 9.17) is 23.2 Å². The van der Waals surface area contributed by atoms with Gasteiger partial charge in [-0.05, 0) is 55.9 Å². The fourth-order valence-electron chi connectivity index (χ4n) is 3.58. The van der Waals surface area contributed by atoms with E-state index in [2.05, 4.69) is 16.8 Å². The van der Waals surface area contributed by atoms with E-state index >= 15 is 0 Å². The van der Waals surface area contributed by atoms with Crippen LogP contribution in [0.4, 0.5) is 14.9 Å². The molecule has 0 atom stereocenters. The van der Waals surface area contributed by atoms with Crippen LogP contribution in [0.1, 0.15) is 26.2 Å². The van der Waals surface area contributed by atoms with Crippen molar-refractivity contribution in [3.05, 3.63) is 64.1 Å². The maximum absolute atomic E-state index is 13.3. The third-order valence-corrected chi connectivity index (χ3v) is 5.95. The zero-order chi connectivity index (χ0) is 21.0. The molecule has 7 heteroatoms. The lowest BCUT2D eigenvalue weighted by atomic mass is 10.1. The van der Waals surface area contributed by atoms with Gasteiger partial charge in [0.25, 0.3) is 0 Å². The number of hydrogen-bond acceptors (Lipinski definition) is 2. The summed E-state index contributed by atoms with van der Waals surface area (Å²) in [7, 11) is 0. The molecule has 1 aromatic rings. The second-order valence-corrected chi connectivity index (χ2v) is 8.12. The van der Waals surface area contributed by atoms with Gasteiger partial charge in [0.1, 0.15) is 5.82 Å². The number of amides is 2.